The zero-order valence-electron chi connectivity index (χ0n) is 9.65. The monoisotopic (exact) mass is 304 g/mol. The Hall–Kier alpha value is -1.37. The van der Waals surface area contributed by atoms with Crippen LogP contribution in [0.3, 0.4) is 0 Å². The number of hydrogen-bond donors (Lipinski definition) is 2. The fourth-order valence-corrected chi connectivity index (χ4v) is 2.08. The van der Waals surface area contributed by atoms with E-state index in [2.05, 4.69) is 10.3 Å². The van der Waals surface area contributed by atoms with Crippen molar-refractivity contribution in [2.24, 2.45) is 0 Å². The standard InChI is InChI=1S/C11H10Cl2N2O4/c12-6-1-2-7(13)14-8(6)9(16)15-11(10(17)18)3-4-19-5-11/h1-2H,3-5H2,(H,15,16)(H,17,18). The third-order valence-corrected chi connectivity index (χ3v) is 3.33. The molecule has 2 rings (SSSR count). The van der Waals surface area contributed by atoms with Gasteiger partial charge in [0.25, 0.3) is 5.91 Å². The maximum atomic E-state index is 12.0. The topological polar surface area (TPSA) is 88.5 Å². The molecule has 8 heteroatoms. The average molecular weight is 305 g/mol. The van der Waals surface area contributed by atoms with Crippen molar-refractivity contribution in [1.82, 2.24) is 10.3 Å². The van der Waals surface area contributed by atoms with Gasteiger partial charge in [-0.25, -0.2) is 9.78 Å². The minimum Gasteiger partial charge on any atom is -0.479 e. The molecule has 1 atom stereocenters. The lowest BCUT2D eigenvalue weighted by molar-refractivity contribution is -0.144. The van der Waals surface area contributed by atoms with Gasteiger partial charge in [-0.3, -0.25) is 4.79 Å². The highest BCUT2D eigenvalue weighted by atomic mass is 35.5. The molecule has 1 aromatic heterocycles. The first-order chi connectivity index (χ1) is 8.94. The summed E-state index contributed by atoms with van der Waals surface area (Å²) < 4.78 is 5.04. The van der Waals surface area contributed by atoms with E-state index < -0.39 is 17.4 Å². The van der Waals surface area contributed by atoms with Crippen LogP contribution in [0.15, 0.2) is 12.1 Å². The minimum atomic E-state index is -1.44. The molecule has 0 aliphatic carbocycles. The van der Waals surface area contributed by atoms with Gasteiger partial charge < -0.3 is 15.2 Å². The Labute approximate surface area is 118 Å². The quantitative estimate of drug-likeness (QED) is 0.823. The largest absolute Gasteiger partial charge is 0.479 e. The van der Waals surface area contributed by atoms with Crippen molar-refractivity contribution in [3.05, 3.63) is 28.0 Å². The lowest BCUT2D eigenvalue weighted by Gasteiger charge is -2.23. The Morgan fingerprint density at radius 3 is 2.74 bits per heavy atom. The van der Waals surface area contributed by atoms with Crippen LogP contribution < -0.4 is 5.32 Å². The number of rotatable bonds is 3. The second-order valence-electron chi connectivity index (χ2n) is 4.11. The predicted molar refractivity (Wildman–Crippen MR) is 67.5 cm³/mol. The van der Waals surface area contributed by atoms with Crippen LogP contribution in [0.4, 0.5) is 0 Å². The number of nitrogens with one attached hydrogen (secondary N) is 1. The molecule has 1 saturated heterocycles. The minimum absolute atomic E-state index is 0.0910. The van der Waals surface area contributed by atoms with Crippen LogP contribution in [0.5, 0.6) is 0 Å². The van der Waals surface area contributed by atoms with E-state index in [9.17, 15) is 14.7 Å². The third-order valence-electron chi connectivity index (χ3n) is 2.81. The molecule has 102 valence electrons. The molecule has 1 aliphatic rings. The van der Waals surface area contributed by atoms with E-state index in [1.54, 1.807) is 0 Å². The van der Waals surface area contributed by atoms with Crippen LogP contribution in [0.2, 0.25) is 10.2 Å². The van der Waals surface area contributed by atoms with Gasteiger partial charge in [-0.1, -0.05) is 23.2 Å². The molecule has 0 saturated carbocycles. The van der Waals surface area contributed by atoms with Crippen molar-refractivity contribution in [3.63, 3.8) is 0 Å². The molecule has 6 nitrogen and oxygen atoms in total. The summed E-state index contributed by atoms with van der Waals surface area (Å²) >= 11 is 11.5. The van der Waals surface area contributed by atoms with Gasteiger partial charge in [0, 0.05) is 13.0 Å². The summed E-state index contributed by atoms with van der Waals surface area (Å²) in [4.78, 5) is 27.1. The Balaban J connectivity index is 2.25. The van der Waals surface area contributed by atoms with E-state index in [-0.39, 0.29) is 35.5 Å². The first-order valence-corrected chi connectivity index (χ1v) is 6.16. The van der Waals surface area contributed by atoms with Gasteiger partial charge in [0.2, 0.25) is 0 Å². The van der Waals surface area contributed by atoms with Crippen molar-refractivity contribution in [1.29, 1.82) is 0 Å². The van der Waals surface area contributed by atoms with Crippen LogP contribution >= 0.6 is 23.2 Å². The van der Waals surface area contributed by atoms with E-state index in [0.717, 1.165) is 0 Å². The van der Waals surface area contributed by atoms with Gasteiger partial charge in [0.1, 0.15) is 10.8 Å². The lowest BCUT2D eigenvalue weighted by atomic mass is 9.99. The SMILES string of the molecule is O=C(NC1(C(=O)O)CCOC1)c1nc(Cl)ccc1Cl. The first-order valence-electron chi connectivity index (χ1n) is 5.40. The Kier molecular flexibility index (Phi) is 3.93. The number of halogens is 2. The number of carboxylic acids is 1. The predicted octanol–water partition coefficient (Wildman–Crippen LogP) is 1.36. The van der Waals surface area contributed by atoms with Crippen LogP contribution in [0, 0.1) is 0 Å². The summed E-state index contributed by atoms with van der Waals surface area (Å²) in [7, 11) is 0. The summed E-state index contributed by atoms with van der Waals surface area (Å²) in [6.45, 7) is 0.176. The van der Waals surface area contributed by atoms with Crippen molar-refractivity contribution >= 4 is 35.1 Å². The molecule has 1 aromatic rings. The molecule has 19 heavy (non-hydrogen) atoms. The number of carbonyl (C=O) groups excluding carboxylic acids is 1. The van der Waals surface area contributed by atoms with E-state index in [1.165, 1.54) is 12.1 Å². The summed E-state index contributed by atoms with van der Waals surface area (Å²) in [5.41, 5.74) is -1.55. The van der Waals surface area contributed by atoms with Crippen LogP contribution in [0.1, 0.15) is 16.9 Å². The van der Waals surface area contributed by atoms with Gasteiger partial charge in [-0.2, -0.15) is 0 Å². The van der Waals surface area contributed by atoms with Crippen molar-refractivity contribution in [3.8, 4) is 0 Å². The van der Waals surface area contributed by atoms with E-state index >= 15 is 0 Å². The molecule has 1 unspecified atom stereocenters. The van der Waals surface area contributed by atoms with Gasteiger partial charge in [-0.05, 0) is 12.1 Å². The zero-order chi connectivity index (χ0) is 14.0. The lowest BCUT2D eigenvalue weighted by Crippen LogP contribution is -2.55. The normalized spacial score (nSPS) is 22.2. The van der Waals surface area contributed by atoms with Crippen LogP contribution in [0.25, 0.3) is 0 Å². The molecular formula is C11H10Cl2N2O4. The second kappa shape index (κ2) is 5.32. The van der Waals surface area contributed by atoms with Gasteiger partial charge >= 0.3 is 5.97 Å². The highest BCUT2D eigenvalue weighted by Crippen LogP contribution is 2.22. The Morgan fingerprint density at radius 1 is 1.42 bits per heavy atom. The van der Waals surface area contributed by atoms with Gasteiger partial charge in [-0.15, -0.1) is 0 Å². The molecule has 0 radical (unpaired) electrons. The van der Waals surface area contributed by atoms with Crippen molar-refractivity contribution in [2.75, 3.05) is 13.2 Å². The highest BCUT2D eigenvalue weighted by Gasteiger charge is 2.44. The second-order valence-corrected chi connectivity index (χ2v) is 4.90. The highest BCUT2D eigenvalue weighted by molar-refractivity contribution is 6.34. The summed E-state index contributed by atoms with van der Waals surface area (Å²) in [6, 6.07) is 2.86. The molecule has 1 fully saturated rings. The molecule has 0 spiro atoms. The molecule has 2 N–H and O–H groups in total. The molecule has 0 bridgehead atoms. The number of amides is 1. The molecule has 2 heterocycles. The number of pyridine rings is 1. The van der Waals surface area contributed by atoms with E-state index in [1.807, 2.05) is 0 Å². The maximum absolute atomic E-state index is 12.0. The summed E-state index contributed by atoms with van der Waals surface area (Å²) in [5.74, 6) is -1.85. The number of hydrogen-bond acceptors (Lipinski definition) is 4. The van der Waals surface area contributed by atoms with Crippen LogP contribution in [-0.4, -0.2) is 40.7 Å². The molecular weight excluding hydrogens is 295 g/mol. The van der Waals surface area contributed by atoms with Crippen LogP contribution in [-0.2, 0) is 9.53 Å². The number of ether oxygens (including phenoxy) is 1. The number of carboxylic acid groups (broad SMARTS) is 1. The third kappa shape index (κ3) is 2.80. The van der Waals surface area contributed by atoms with Crippen molar-refractivity contribution in [2.45, 2.75) is 12.0 Å². The smallest absolute Gasteiger partial charge is 0.331 e. The maximum Gasteiger partial charge on any atom is 0.331 e. The number of nitrogens with zero attached hydrogens (tertiary/aromatic N) is 1. The molecule has 1 aliphatic heterocycles. The zero-order valence-corrected chi connectivity index (χ0v) is 11.2. The number of aliphatic carboxylic acids is 1. The Bertz CT molecular complexity index is 529. The Morgan fingerprint density at radius 2 is 2.16 bits per heavy atom. The average Bonchev–Trinajstić information content (AvgIpc) is 2.82. The molecule has 0 aromatic carbocycles. The molecule has 1 amide bonds. The first kappa shape index (κ1) is 14.0. The van der Waals surface area contributed by atoms with Gasteiger partial charge in [0.15, 0.2) is 5.54 Å². The summed E-state index contributed by atoms with van der Waals surface area (Å²) in [5, 5.41) is 11.8. The van der Waals surface area contributed by atoms with E-state index in [0.29, 0.717) is 0 Å². The van der Waals surface area contributed by atoms with E-state index in [4.69, 9.17) is 27.9 Å². The number of aromatic nitrogens is 1. The van der Waals surface area contributed by atoms with Gasteiger partial charge in [0.05, 0.1) is 11.6 Å². The summed E-state index contributed by atoms with van der Waals surface area (Å²) in [6.07, 6.45) is 0.187. The fourth-order valence-electron chi connectivity index (χ4n) is 1.74. The fraction of sp³-hybridized carbons (Fsp3) is 0.364. The number of carbonyl (C=O) groups is 2. The van der Waals surface area contributed by atoms with Crippen molar-refractivity contribution < 1.29 is 19.4 Å².